The van der Waals surface area contributed by atoms with E-state index in [2.05, 4.69) is 79.4 Å². The Balaban J connectivity index is 1.83. The van der Waals surface area contributed by atoms with Crippen molar-refractivity contribution in [1.82, 2.24) is 0 Å². The summed E-state index contributed by atoms with van der Waals surface area (Å²) >= 11 is 0. The number of hydrogen-bond acceptors (Lipinski definition) is 2. The van der Waals surface area contributed by atoms with Gasteiger partial charge in [-0.2, -0.15) is 0 Å². The minimum atomic E-state index is 0.642. The summed E-state index contributed by atoms with van der Waals surface area (Å²) in [6, 6.07) is 19.3. The van der Waals surface area contributed by atoms with Crippen LogP contribution in [-0.2, 0) is 0 Å². The van der Waals surface area contributed by atoms with Crippen molar-refractivity contribution in [3.8, 4) is 0 Å². The average Bonchev–Trinajstić information content (AvgIpc) is 2.74. The van der Waals surface area contributed by atoms with Crippen LogP contribution in [-0.4, -0.2) is 19.7 Å². The number of rotatable bonds is 9. The Morgan fingerprint density at radius 1 is 0.857 bits per heavy atom. The van der Waals surface area contributed by atoms with Crippen LogP contribution >= 0.6 is 0 Å². The lowest BCUT2D eigenvalue weighted by atomic mass is 10.1. The predicted octanol–water partition coefficient (Wildman–Crippen LogP) is 5.37. The van der Waals surface area contributed by atoms with Crippen LogP contribution in [0.1, 0.15) is 44.7 Å². The van der Waals surface area contributed by atoms with E-state index in [-0.39, 0.29) is 0 Å². The highest BCUT2D eigenvalue weighted by Gasteiger charge is 2.12. The molecule has 0 unspecified atom stereocenters. The number of pyridine rings is 1. The standard InChI is InChI=1S/C25H31N2O/c1-4-18-26(19-5-2)23-15-12-21(13-16-23)11-14-22-17-20-27(28-6-3)25-10-8-7-9-24(22)25/h7-17,20H,4-6,18-19H2,1-3H3/q+1. The van der Waals surface area contributed by atoms with Gasteiger partial charge in [0.2, 0.25) is 6.20 Å². The van der Waals surface area contributed by atoms with Gasteiger partial charge >= 0.3 is 0 Å². The summed E-state index contributed by atoms with van der Waals surface area (Å²) in [5.41, 5.74) is 4.79. The van der Waals surface area contributed by atoms with Crippen molar-refractivity contribution in [3.05, 3.63) is 71.9 Å². The molecule has 0 bridgehead atoms. The van der Waals surface area contributed by atoms with Crippen molar-refractivity contribution < 1.29 is 9.57 Å². The zero-order chi connectivity index (χ0) is 19.8. The van der Waals surface area contributed by atoms with Gasteiger partial charge < -0.3 is 4.90 Å². The van der Waals surface area contributed by atoms with Gasteiger partial charge in [0.15, 0.2) is 6.61 Å². The molecule has 0 spiro atoms. The van der Waals surface area contributed by atoms with E-state index < -0.39 is 0 Å². The van der Waals surface area contributed by atoms with Crippen LogP contribution in [0.15, 0.2) is 60.8 Å². The Hall–Kier alpha value is -2.81. The van der Waals surface area contributed by atoms with E-state index in [0.717, 1.165) is 18.6 Å². The second kappa shape index (κ2) is 9.93. The first-order valence-corrected chi connectivity index (χ1v) is 10.4. The molecule has 0 aliphatic rings. The molecule has 0 aliphatic heterocycles. The van der Waals surface area contributed by atoms with E-state index in [1.54, 1.807) is 0 Å². The molecule has 3 nitrogen and oxygen atoms in total. The van der Waals surface area contributed by atoms with Crippen LogP contribution in [0.25, 0.3) is 23.1 Å². The van der Waals surface area contributed by atoms with E-state index in [1.165, 1.54) is 35.0 Å². The van der Waals surface area contributed by atoms with Crippen LogP contribution in [0.3, 0.4) is 0 Å². The van der Waals surface area contributed by atoms with Crippen molar-refractivity contribution in [2.45, 2.75) is 33.6 Å². The maximum atomic E-state index is 5.70. The third-order valence-corrected chi connectivity index (χ3v) is 4.81. The van der Waals surface area contributed by atoms with Crippen LogP contribution in [0.4, 0.5) is 5.69 Å². The van der Waals surface area contributed by atoms with Crippen LogP contribution < -0.4 is 14.5 Å². The molecule has 3 aromatic rings. The van der Waals surface area contributed by atoms with Crippen molar-refractivity contribution in [2.75, 3.05) is 24.6 Å². The van der Waals surface area contributed by atoms with Crippen LogP contribution in [0.2, 0.25) is 0 Å². The van der Waals surface area contributed by atoms with E-state index in [0.29, 0.717) is 6.61 Å². The van der Waals surface area contributed by atoms with Gasteiger partial charge in [-0.3, -0.25) is 4.84 Å². The lowest BCUT2D eigenvalue weighted by Crippen LogP contribution is -2.42. The molecule has 146 valence electrons. The molecular formula is C25H31N2O+. The second-order valence-corrected chi connectivity index (χ2v) is 6.94. The SMILES string of the molecule is CCCN(CCC)c1ccc(/C=C/c2cc[n+](OCC)c3ccccc23)cc1. The highest BCUT2D eigenvalue weighted by molar-refractivity contribution is 5.88. The van der Waals surface area contributed by atoms with Gasteiger partial charge in [-0.15, -0.1) is 0 Å². The Morgan fingerprint density at radius 3 is 2.25 bits per heavy atom. The highest BCUT2D eigenvalue weighted by atomic mass is 16.7. The number of benzene rings is 2. The molecule has 0 aliphatic carbocycles. The first-order valence-electron chi connectivity index (χ1n) is 10.4. The number of hydrogen-bond donors (Lipinski definition) is 0. The van der Waals surface area contributed by atoms with Gasteiger partial charge in [0.05, 0.1) is 5.39 Å². The average molecular weight is 376 g/mol. The summed E-state index contributed by atoms with van der Waals surface area (Å²) in [6.07, 6.45) is 8.70. The fourth-order valence-electron chi connectivity index (χ4n) is 3.52. The number of nitrogens with zero attached hydrogens (tertiary/aromatic N) is 2. The minimum absolute atomic E-state index is 0.642. The highest BCUT2D eigenvalue weighted by Crippen LogP contribution is 2.20. The van der Waals surface area contributed by atoms with Crippen molar-refractivity contribution in [3.63, 3.8) is 0 Å². The summed E-state index contributed by atoms with van der Waals surface area (Å²) in [4.78, 5) is 8.16. The minimum Gasteiger partial charge on any atom is -0.372 e. The van der Waals surface area contributed by atoms with Crippen molar-refractivity contribution in [2.24, 2.45) is 0 Å². The maximum absolute atomic E-state index is 5.70. The number of para-hydroxylation sites is 1. The summed E-state index contributed by atoms with van der Waals surface area (Å²) < 4.78 is 1.84. The number of aromatic nitrogens is 1. The molecule has 0 saturated heterocycles. The van der Waals surface area contributed by atoms with Gasteiger partial charge in [0.25, 0.3) is 5.52 Å². The Labute approximate surface area is 168 Å². The van der Waals surface area contributed by atoms with Crippen molar-refractivity contribution >= 4 is 28.7 Å². The topological polar surface area (TPSA) is 16.4 Å². The second-order valence-electron chi connectivity index (χ2n) is 6.94. The molecule has 0 N–H and O–H groups in total. The molecule has 1 aromatic heterocycles. The molecular weight excluding hydrogens is 344 g/mol. The third-order valence-electron chi connectivity index (χ3n) is 4.81. The molecule has 3 rings (SSSR count). The summed E-state index contributed by atoms with van der Waals surface area (Å²) in [5, 5.41) is 1.18. The van der Waals surface area contributed by atoms with Gasteiger partial charge in [-0.05, 0) is 49.1 Å². The molecule has 0 radical (unpaired) electrons. The van der Waals surface area contributed by atoms with E-state index in [1.807, 2.05) is 23.9 Å². The van der Waals surface area contributed by atoms with Crippen molar-refractivity contribution in [1.29, 1.82) is 0 Å². The number of fused-ring (bicyclic) bond motifs is 1. The summed E-state index contributed by atoms with van der Waals surface area (Å²) in [6.45, 7) is 9.33. The maximum Gasteiger partial charge on any atom is 0.265 e. The Morgan fingerprint density at radius 2 is 1.57 bits per heavy atom. The van der Waals surface area contributed by atoms with E-state index in [9.17, 15) is 0 Å². The fraction of sp³-hybridized carbons (Fsp3) is 0.320. The lowest BCUT2D eigenvalue weighted by Gasteiger charge is -2.23. The molecule has 3 heteroatoms. The Kier molecular flexibility index (Phi) is 7.07. The molecule has 2 aromatic carbocycles. The summed E-state index contributed by atoms with van der Waals surface area (Å²) in [5.74, 6) is 0. The van der Waals surface area contributed by atoms with Gasteiger partial charge in [-0.1, -0.05) is 50.3 Å². The van der Waals surface area contributed by atoms with E-state index >= 15 is 0 Å². The van der Waals surface area contributed by atoms with Crippen LogP contribution in [0, 0.1) is 0 Å². The summed E-state index contributed by atoms with van der Waals surface area (Å²) in [7, 11) is 0. The fourth-order valence-corrected chi connectivity index (χ4v) is 3.52. The molecule has 0 atom stereocenters. The first-order chi connectivity index (χ1) is 13.8. The monoisotopic (exact) mass is 375 g/mol. The third kappa shape index (κ3) is 4.72. The quantitative estimate of drug-likeness (QED) is 0.467. The molecule has 0 fully saturated rings. The molecule has 0 saturated carbocycles. The van der Waals surface area contributed by atoms with Crippen LogP contribution in [0.5, 0.6) is 0 Å². The lowest BCUT2D eigenvalue weighted by molar-refractivity contribution is -0.870. The molecule has 28 heavy (non-hydrogen) atoms. The number of anilines is 1. The molecule has 1 heterocycles. The van der Waals surface area contributed by atoms with Gasteiger partial charge in [0, 0.05) is 35.6 Å². The first kappa shape index (κ1) is 19.9. The zero-order valence-electron chi connectivity index (χ0n) is 17.3. The normalized spacial score (nSPS) is 11.2. The zero-order valence-corrected chi connectivity index (χ0v) is 17.3. The Bertz CT molecular complexity index is 909. The largest absolute Gasteiger partial charge is 0.372 e. The van der Waals surface area contributed by atoms with Gasteiger partial charge in [-0.25, -0.2) is 0 Å². The smallest absolute Gasteiger partial charge is 0.265 e. The van der Waals surface area contributed by atoms with E-state index in [4.69, 9.17) is 4.84 Å². The van der Waals surface area contributed by atoms with Gasteiger partial charge in [0.1, 0.15) is 0 Å². The molecule has 0 amide bonds. The predicted molar refractivity (Wildman–Crippen MR) is 119 cm³/mol.